The van der Waals surface area contributed by atoms with Gasteiger partial charge in [-0.2, -0.15) is 0 Å². The molecule has 5 heteroatoms. The highest BCUT2D eigenvalue weighted by atomic mass is 32.1. The number of nitrogens with zero attached hydrogens (tertiary/aromatic N) is 3. The Labute approximate surface area is 127 Å². The molecule has 2 heterocycles. The summed E-state index contributed by atoms with van der Waals surface area (Å²) in [6.07, 6.45) is 3.47. The molecule has 2 aromatic heterocycles. The van der Waals surface area contributed by atoms with Gasteiger partial charge in [0.2, 0.25) is 0 Å². The average molecular weight is 297 g/mol. The van der Waals surface area contributed by atoms with Crippen molar-refractivity contribution in [2.24, 2.45) is 0 Å². The molecule has 4 nitrogen and oxygen atoms in total. The molecule has 0 N–H and O–H groups in total. The van der Waals surface area contributed by atoms with Crippen molar-refractivity contribution in [3.63, 3.8) is 0 Å². The largest absolute Gasteiger partial charge is 0.332 e. The van der Waals surface area contributed by atoms with Gasteiger partial charge in [0.1, 0.15) is 5.01 Å². The Bertz CT molecular complexity index is 765. The first-order valence-electron chi connectivity index (χ1n) is 6.69. The number of amides is 1. The molecule has 0 radical (unpaired) electrons. The van der Waals surface area contributed by atoms with E-state index in [4.69, 9.17) is 0 Å². The van der Waals surface area contributed by atoms with E-state index in [9.17, 15) is 4.79 Å². The minimum atomic E-state index is -0.0588. The van der Waals surface area contributed by atoms with Crippen LogP contribution in [0.3, 0.4) is 0 Å². The van der Waals surface area contributed by atoms with Crippen LogP contribution in [0.2, 0.25) is 0 Å². The van der Waals surface area contributed by atoms with Crippen LogP contribution < -0.4 is 0 Å². The van der Waals surface area contributed by atoms with Crippen molar-refractivity contribution < 1.29 is 4.79 Å². The van der Waals surface area contributed by atoms with E-state index in [1.807, 2.05) is 42.6 Å². The molecule has 3 rings (SSSR count). The lowest BCUT2D eigenvalue weighted by Crippen LogP contribution is -2.29. The number of thiazole rings is 1. The number of carbonyl (C=O) groups excluding carboxylic acids is 1. The van der Waals surface area contributed by atoms with Crippen molar-refractivity contribution in [1.29, 1.82) is 0 Å². The van der Waals surface area contributed by atoms with Gasteiger partial charge in [-0.05, 0) is 19.1 Å². The van der Waals surface area contributed by atoms with E-state index in [1.54, 1.807) is 35.7 Å². The predicted molar refractivity (Wildman–Crippen MR) is 84.4 cm³/mol. The molecular formula is C16H15N3OS. The second-order valence-electron chi connectivity index (χ2n) is 4.84. The third-order valence-corrected chi connectivity index (χ3v) is 4.52. The lowest BCUT2D eigenvalue weighted by molar-refractivity contribution is 0.0744. The topological polar surface area (TPSA) is 46.1 Å². The fourth-order valence-electron chi connectivity index (χ4n) is 2.25. The SMILES string of the molecule is C[C@H](c1nccs1)N(C)C(=O)c1cccc2cccnc12. The third kappa shape index (κ3) is 2.52. The molecule has 0 aliphatic rings. The Hall–Kier alpha value is -2.27. The Balaban J connectivity index is 1.97. The number of rotatable bonds is 3. The summed E-state index contributed by atoms with van der Waals surface area (Å²) in [5.74, 6) is -0.0398. The monoisotopic (exact) mass is 297 g/mol. The van der Waals surface area contributed by atoms with Gasteiger partial charge in [-0.3, -0.25) is 9.78 Å². The number of hydrogen-bond acceptors (Lipinski definition) is 4. The van der Waals surface area contributed by atoms with Crippen molar-refractivity contribution in [3.05, 3.63) is 58.7 Å². The average Bonchev–Trinajstić information content (AvgIpc) is 3.06. The highest BCUT2D eigenvalue weighted by Gasteiger charge is 2.22. The van der Waals surface area contributed by atoms with Crippen LogP contribution in [0.4, 0.5) is 0 Å². The zero-order valence-electron chi connectivity index (χ0n) is 11.9. The van der Waals surface area contributed by atoms with Gasteiger partial charge in [0.05, 0.1) is 17.1 Å². The Morgan fingerprint density at radius 2 is 2.00 bits per heavy atom. The summed E-state index contributed by atoms with van der Waals surface area (Å²) in [5.41, 5.74) is 1.36. The fourth-order valence-corrected chi connectivity index (χ4v) is 2.99. The van der Waals surface area contributed by atoms with E-state index in [0.717, 1.165) is 15.9 Å². The van der Waals surface area contributed by atoms with Crippen molar-refractivity contribution >= 4 is 28.1 Å². The van der Waals surface area contributed by atoms with E-state index in [2.05, 4.69) is 9.97 Å². The summed E-state index contributed by atoms with van der Waals surface area (Å²) in [4.78, 5) is 23.1. The molecule has 1 atom stereocenters. The summed E-state index contributed by atoms with van der Waals surface area (Å²) in [6, 6.07) is 9.45. The van der Waals surface area contributed by atoms with Crippen molar-refractivity contribution in [1.82, 2.24) is 14.9 Å². The smallest absolute Gasteiger partial charge is 0.256 e. The molecule has 1 amide bonds. The van der Waals surface area contributed by atoms with Crippen molar-refractivity contribution in [2.75, 3.05) is 7.05 Å². The summed E-state index contributed by atoms with van der Waals surface area (Å²) in [5, 5.41) is 3.82. The van der Waals surface area contributed by atoms with E-state index >= 15 is 0 Å². The molecule has 0 saturated heterocycles. The van der Waals surface area contributed by atoms with Crippen molar-refractivity contribution in [3.8, 4) is 0 Å². The van der Waals surface area contributed by atoms with Crippen molar-refractivity contribution in [2.45, 2.75) is 13.0 Å². The molecule has 3 aromatic rings. The highest BCUT2D eigenvalue weighted by molar-refractivity contribution is 7.09. The molecule has 0 unspecified atom stereocenters. The molecule has 0 saturated carbocycles. The molecule has 0 spiro atoms. The molecular weight excluding hydrogens is 282 g/mol. The van der Waals surface area contributed by atoms with Crippen LogP contribution in [0, 0.1) is 0 Å². The minimum absolute atomic E-state index is 0.0398. The van der Waals surface area contributed by atoms with Crippen LogP contribution in [0.25, 0.3) is 10.9 Å². The number of para-hydroxylation sites is 1. The third-order valence-electron chi connectivity index (χ3n) is 3.57. The first-order valence-corrected chi connectivity index (χ1v) is 7.56. The van der Waals surface area contributed by atoms with Crippen LogP contribution in [-0.2, 0) is 0 Å². The second-order valence-corrected chi connectivity index (χ2v) is 5.77. The van der Waals surface area contributed by atoms with E-state index in [-0.39, 0.29) is 11.9 Å². The predicted octanol–water partition coefficient (Wildman–Crippen LogP) is 3.52. The standard InChI is InChI=1S/C16H15N3OS/c1-11(15-18-9-10-21-15)19(2)16(20)13-7-3-5-12-6-4-8-17-14(12)13/h3-11H,1-2H3/t11-/m1/s1. The van der Waals surface area contributed by atoms with Gasteiger partial charge in [0.25, 0.3) is 5.91 Å². The zero-order chi connectivity index (χ0) is 14.8. The van der Waals surface area contributed by atoms with Gasteiger partial charge in [-0.1, -0.05) is 18.2 Å². The molecule has 0 bridgehead atoms. The molecule has 0 aliphatic heterocycles. The van der Waals surface area contributed by atoms with Gasteiger partial charge in [0, 0.05) is 30.2 Å². The van der Waals surface area contributed by atoms with Gasteiger partial charge in [0.15, 0.2) is 0 Å². The normalized spacial score (nSPS) is 12.3. The molecule has 0 fully saturated rings. The summed E-state index contributed by atoms with van der Waals surface area (Å²) < 4.78 is 0. The first kappa shape index (κ1) is 13.7. The molecule has 106 valence electrons. The van der Waals surface area contributed by atoms with E-state index in [0.29, 0.717) is 5.56 Å². The van der Waals surface area contributed by atoms with Crippen LogP contribution in [0.1, 0.15) is 28.3 Å². The summed E-state index contributed by atoms with van der Waals surface area (Å²) >= 11 is 1.55. The maximum absolute atomic E-state index is 12.8. The Morgan fingerprint density at radius 3 is 2.76 bits per heavy atom. The van der Waals surface area contributed by atoms with Crippen LogP contribution >= 0.6 is 11.3 Å². The van der Waals surface area contributed by atoms with E-state index in [1.165, 1.54) is 0 Å². The number of carbonyl (C=O) groups is 1. The second kappa shape index (κ2) is 5.61. The molecule has 0 aliphatic carbocycles. The maximum Gasteiger partial charge on any atom is 0.256 e. The molecule has 1 aromatic carbocycles. The number of hydrogen-bond donors (Lipinski definition) is 0. The summed E-state index contributed by atoms with van der Waals surface area (Å²) in [6.45, 7) is 1.98. The lowest BCUT2D eigenvalue weighted by Gasteiger charge is -2.23. The fraction of sp³-hybridized carbons (Fsp3) is 0.188. The molecule has 21 heavy (non-hydrogen) atoms. The number of fused-ring (bicyclic) bond motifs is 1. The maximum atomic E-state index is 12.8. The first-order chi connectivity index (χ1) is 10.2. The van der Waals surface area contributed by atoms with E-state index < -0.39 is 0 Å². The van der Waals surface area contributed by atoms with Crippen LogP contribution in [0.5, 0.6) is 0 Å². The van der Waals surface area contributed by atoms with Gasteiger partial charge in [-0.15, -0.1) is 11.3 Å². The lowest BCUT2D eigenvalue weighted by atomic mass is 10.1. The minimum Gasteiger partial charge on any atom is -0.332 e. The van der Waals surface area contributed by atoms with Gasteiger partial charge < -0.3 is 4.90 Å². The number of benzene rings is 1. The van der Waals surface area contributed by atoms with Crippen LogP contribution in [0.15, 0.2) is 48.1 Å². The highest BCUT2D eigenvalue weighted by Crippen LogP contribution is 2.24. The Morgan fingerprint density at radius 1 is 1.19 bits per heavy atom. The number of aromatic nitrogens is 2. The van der Waals surface area contributed by atoms with Gasteiger partial charge >= 0.3 is 0 Å². The quantitative estimate of drug-likeness (QED) is 0.743. The Kier molecular flexibility index (Phi) is 3.66. The van der Waals surface area contributed by atoms with Crippen LogP contribution in [-0.4, -0.2) is 27.8 Å². The summed E-state index contributed by atoms with van der Waals surface area (Å²) in [7, 11) is 1.80. The number of pyridine rings is 1. The zero-order valence-corrected chi connectivity index (χ0v) is 12.7. The van der Waals surface area contributed by atoms with Gasteiger partial charge in [-0.25, -0.2) is 4.98 Å².